The van der Waals surface area contributed by atoms with Gasteiger partial charge >= 0.3 is 0 Å². The Morgan fingerprint density at radius 1 is 1.25 bits per heavy atom. The van der Waals surface area contributed by atoms with Crippen LogP contribution in [0.4, 0.5) is 20.3 Å². The van der Waals surface area contributed by atoms with Gasteiger partial charge in [0.1, 0.15) is 22.3 Å². The normalized spacial score (nSPS) is 16.8. The van der Waals surface area contributed by atoms with Gasteiger partial charge in [-0.3, -0.25) is 9.52 Å². The maximum Gasteiger partial charge on any atom is 0.263 e. The quantitative estimate of drug-likeness (QED) is 0.764. The number of halogens is 2. The summed E-state index contributed by atoms with van der Waals surface area (Å²) < 4.78 is 53.3. The molecule has 2 aromatic rings. The van der Waals surface area contributed by atoms with Crippen LogP contribution in [-0.4, -0.2) is 43.3 Å². The molecule has 3 rings (SSSR count). The van der Waals surface area contributed by atoms with Crippen molar-refractivity contribution in [1.29, 1.82) is 0 Å². The minimum absolute atomic E-state index is 0.0406. The van der Waals surface area contributed by atoms with Crippen LogP contribution in [-0.2, 0) is 14.8 Å². The fourth-order valence-electron chi connectivity index (χ4n) is 2.99. The number of nitrogens with one attached hydrogen (secondary N) is 2. The third-order valence-electron chi connectivity index (χ3n) is 4.36. The van der Waals surface area contributed by atoms with Crippen LogP contribution in [0.5, 0.6) is 0 Å². The molecule has 28 heavy (non-hydrogen) atoms. The van der Waals surface area contributed by atoms with Crippen molar-refractivity contribution in [2.45, 2.75) is 30.7 Å². The van der Waals surface area contributed by atoms with Crippen molar-refractivity contribution in [2.24, 2.45) is 0 Å². The second-order valence-corrected chi connectivity index (χ2v) is 8.15. The standard InChI is InChI=1S/C18H20F2N4O3S/c1-2-18(25)24-6-5-14(11-24)22-17-4-3-16(10-21-17)28(26,27)23-15-8-12(19)7-13(20)9-15/h3-4,7-10,14,23H,2,5-6,11H2,1H3,(H,21,22). The van der Waals surface area contributed by atoms with E-state index in [-0.39, 0.29) is 22.5 Å². The SMILES string of the molecule is CCC(=O)N1CCC(Nc2ccc(S(=O)(=O)Nc3cc(F)cc(F)c3)cn2)C1. The summed E-state index contributed by atoms with van der Waals surface area (Å²) in [5.74, 6) is -1.20. The third kappa shape index (κ3) is 4.75. The topological polar surface area (TPSA) is 91.4 Å². The van der Waals surface area contributed by atoms with E-state index in [1.807, 2.05) is 6.92 Å². The van der Waals surface area contributed by atoms with E-state index >= 15 is 0 Å². The Hall–Kier alpha value is -2.75. The minimum Gasteiger partial charge on any atom is -0.365 e. The highest BCUT2D eigenvalue weighted by molar-refractivity contribution is 7.92. The van der Waals surface area contributed by atoms with E-state index in [9.17, 15) is 22.0 Å². The van der Waals surface area contributed by atoms with E-state index in [2.05, 4.69) is 15.0 Å². The highest BCUT2D eigenvalue weighted by Gasteiger charge is 2.25. The molecule has 1 aromatic carbocycles. The number of hydrogen-bond acceptors (Lipinski definition) is 5. The lowest BCUT2D eigenvalue weighted by molar-refractivity contribution is -0.129. The van der Waals surface area contributed by atoms with Gasteiger partial charge in [0.2, 0.25) is 5.91 Å². The lowest BCUT2D eigenvalue weighted by Crippen LogP contribution is -2.31. The number of hydrogen-bond donors (Lipinski definition) is 2. The number of carbonyl (C=O) groups is 1. The summed E-state index contributed by atoms with van der Waals surface area (Å²) in [5.41, 5.74) is -0.216. The number of likely N-dealkylation sites (tertiary alicyclic amines) is 1. The van der Waals surface area contributed by atoms with Gasteiger partial charge in [0, 0.05) is 37.8 Å². The zero-order valence-electron chi connectivity index (χ0n) is 15.2. The first kappa shape index (κ1) is 20.0. The molecule has 1 amide bonds. The number of nitrogens with zero attached hydrogens (tertiary/aromatic N) is 2. The smallest absolute Gasteiger partial charge is 0.263 e. The molecule has 0 aliphatic carbocycles. The zero-order valence-corrected chi connectivity index (χ0v) is 16.0. The molecule has 1 aliphatic heterocycles. The summed E-state index contributed by atoms with van der Waals surface area (Å²) in [5, 5.41) is 3.17. The first-order valence-electron chi connectivity index (χ1n) is 8.76. The molecule has 0 bridgehead atoms. The molecule has 2 N–H and O–H groups in total. The van der Waals surface area contributed by atoms with Gasteiger partial charge in [-0.2, -0.15) is 0 Å². The molecule has 1 aromatic heterocycles. The Labute approximate surface area is 161 Å². The summed E-state index contributed by atoms with van der Waals surface area (Å²) in [6.07, 6.45) is 2.39. The monoisotopic (exact) mass is 410 g/mol. The van der Waals surface area contributed by atoms with E-state index in [1.54, 1.807) is 4.90 Å². The summed E-state index contributed by atoms with van der Waals surface area (Å²) in [7, 11) is -4.04. The molecular weight excluding hydrogens is 390 g/mol. The maximum atomic E-state index is 13.2. The number of aromatic nitrogens is 1. The van der Waals surface area contributed by atoms with Crippen LogP contribution in [0.2, 0.25) is 0 Å². The Bertz CT molecular complexity index is 947. The fourth-order valence-corrected chi connectivity index (χ4v) is 3.97. The molecule has 7 nitrogen and oxygen atoms in total. The first-order chi connectivity index (χ1) is 13.3. The van der Waals surface area contributed by atoms with Crippen LogP contribution in [0.15, 0.2) is 41.4 Å². The molecule has 0 saturated carbocycles. The minimum atomic E-state index is -4.04. The molecule has 1 unspecified atom stereocenters. The third-order valence-corrected chi connectivity index (χ3v) is 5.72. The molecule has 2 heterocycles. The van der Waals surface area contributed by atoms with Crippen molar-refractivity contribution in [2.75, 3.05) is 23.1 Å². The number of anilines is 2. The van der Waals surface area contributed by atoms with Crippen molar-refractivity contribution >= 4 is 27.4 Å². The molecule has 1 saturated heterocycles. The zero-order chi connectivity index (χ0) is 20.3. The van der Waals surface area contributed by atoms with Gasteiger partial charge in [0.15, 0.2) is 0 Å². The van der Waals surface area contributed by atoms with Gasteiger partial charge in [0.05, 0.1) is 5.69 Å². The second kappa shape index (κ2) is 8.09. The van der Waals surface area contributed by atoms with Gasteiger partial charge in [-0.05, 0) is 30.7 Å². The fraction of sp³-hybridized carbons (Fsp3) is 0.333. The first-order valence-corrected chi connectivity index (χ1v) is 10.2. The van der Waals surface area contributed by atoms with Crippen LogP contribution in [0.3, 0.4) is 0 Å². The lowest BCUT2D eigenvalue weighted by Gasteiger charge is -2.16. The highest BCUT2D eigenvalue weighted by Crippen LogP contribution is 2.20. The lowest BCUT2D eigenvalue weighted by atomic mass is 10.2. The highest BCUT2D eigenvalue weighted by atomic mass is 32.2. The predicted molar refractivity (Wildman–Crippen MR) is 100 cm³/mol. The van der Waals surface area contributed by atoms with E-state index in [4.69, 9.17) is 0 Å². The number of benzene rings is 1. The predicted octanol–water partition coefficient (Wildman–Crippen LogP) is 2.58. The van der Waals surface area contributed by atoms with Gasteiger partial charge in [-0.15, -0.1) is 0 Å². The van der Waals surface area contributed by atoms with Crippen LogP contribution < -0.4 is 10.0 Å². The molecule has 10 heteroatoms. The average molecular weight is 410 g/mol. The maximum absolute atomic E-state index is 13.2. The molecule has 0 radical (unpaired) electrons. The van der Waals surface area contributed by atoms with Gasteiger partial charge in [-0.1, -0.05) is 6.92 Å². The molecule has 150 valence electrons. The second-order valence-electron chi connectivity index (χ2n) is 6.47. The van der Waals surface area contributed by atoms with Crippen molar-refractivity contribution < 1.29 is 22.0 Å². The van der Waals surface area contributed by atoms with E-state index in [0.29, 0.717) is 31.4 Å². The van der Waals surface area contributed by atoms with Gasteiger partial charge < -0.3 is 10.2 Å². The molecule has 0 spiro atoms. The summed E-state index contributed by atoms with van der Waals surface area (Å²) in [6.45, 7) is 3.06. The molecular formula is C18H20F2N4O3S. The van der Waals surface area contributed by atoms with E-state index < -0.39 is 21.7 Å². The molecule has 1 atom stereocenters. The summed E-state index contributed by atoms with van der Waals surface area (Å²) in [4.78, 5) is 17.4. The number of carbonyl (C=O) groups excluding carboxylic acids is 1. The van der Waals surface area contributed by atoms with Crippen LogP contribution in [0.1, 0.15) is 19.8 Å². The summed E-state index contributed by atoms with van der Waals surface area (Å²) >= 11 is 0. The number of pyridine rings is 1. The number of sulfonamides is 1. The molecule has 1 aliphatic rings. The Morgan fingerprint density at radius 3 is 2.57 bits per heavy atom. The van der Waals surface area contributed by atoms with Crippen molar-refractivity contribution in [3.63, 3.8) is 0 Å². The Morgan fingerprint density at radius 2 is 1.96 bits per heavy atom. The van der Waals surface area contributed by atoms with E-state index in [0.717, 1.165) is 24.8 Å². The Balaban J connectivity index is 1.65. The van der Waals surface area contributed by atoms with Gasteiger partial charge in [-0.25, -0.2) is 22.2 Å². The van der Waals surface area contributed by atoms with Crippen molar-refractivity contribution in [1.82, 2.24) is 9.88 Å². The number of rotatable bonds is 6. The molecule has 1 fully saturated rings. The van der Waals surface area contributed by atoms with Crippen LogP contribution >= 0.6 is 0 Å². The largest absolute Gasteiger partial charge is 0.365 e. The number of amides is 1. The summed E-state index contributed by atoms with van der Waals surface area (Å²) in [6, 6.07) is 5.31. The Kier molecular flexibility index (Phi) is 5.78. The van der Waals surface area contributed by atoms with Crippen molar-refractivity contribution in [3.8, 4) is 0 Å². The average Bonchev–Trinajstić information content (AvgIpc) is 3.08. The van der Waals surface area contributed by atoms with Gasteiger partial charge in [0.25, 0.3) is 10.0 Å². The van der Waals surface area contributed by atoms with E-state index in [1.165, 1.54) is 12.1 Å². The van der Waals surface area contributed by atoms with Crippen LogP contribution in [0.25, 0.3) is 0 Å². The van der Waals surface area contributed by atoms with Crippen LogP contribution in [0, 0.1) is 11.6 Å². The van der Waals surface area contributed by atoms with Crippen molar-refractivity contribution in [3.05, 3.63) is 48.2 Å².